The number of pyridine rings is 2. The molecule has 12 rings (SSSR count). The average molecular weight is 960 g/mol. The summed E-state index contributed by atoms with van der Waals surface area (Å²) >= 11 is 0. The average Bonchev–Trinajstić information content (AvgIpc) is 3.42. The highest BCUT2D eigenvalue weighted by atomic mass is 15.3. The summed E-state index contributed by atoms with van der Waals surface area (Å²) in [5.74, 6) is 1.69. The topological polar surface area (TPSA) is 35.5 Å². The number of nitrogens with zero attached hydrogens (tertiary/aromatic N) is 5. The molecule has 0 bridgehead atoms. The van der Waals surface area contributed by atoms with Crippen molar-refractivity contribution in [3.8, 4) is 22.3 Å². The van der Waals surface area contributed by atoms with E-state index in [9.17, 15) is 0 Å². The molecule has 362 valence electrons. The smallest absolute Gasteiger partial charge is 0.254 e. The number of hydrogen-bond donors (Lipinski definition) is 0. The van der Waals surface area contributed by atoms with Crippen LogP contribution in [0.2, 0.25) is 0 Å². The summed E-state index contributed by atoms with van der Waals surface area (Å²) < 4.78 is 0. The largest absolute Gasteiger partial charge is 0.310 e. The molecule has 0 fully saturated rings. The van der Waals surface area contributed by atoms with Crippen LogP contribution in [0, 0.1) is 0 Å². The van der Waals surface area contributed by atoms with Gasteiger partial charge in [0.2, 0.25) is 0 Å². The Morgan fingerprint density at radius 1 is 0.432 bits per heavy atom. The van der Waals surface area contributed by atoms with Gasteiger partial charge in [-0.1, -0.05) is 202 Å². The van der Waals surface area contributed by atoms with Gasteiger partial charge in [0.1, 0.15) is 11.6 Å². The number of fused-ring (bicyclic) bond motifs is 5. The summed E-state index contributed by atoms with van der Waals surface area (Å²) in [6.07, 6.45) is 4.07. The fraction of sp³-hybridized carbons (Fsp3) is 0.176. The summed E-state index contributed by atoms with van der Waals surface area (Å²) in [4.78, 5) is 18.1. The molecule has 4 heterocycles. The van der Waals surface area contributed by atoms with Gasteiger partial charge in [0.05, 0.1) is 29.5 Å². The van der Waals surface area contributed by atoms with Crippen molar-refractivity contribution in [2.75, 3.05) is 14.7 Å². The molecule has 8 aromatic carbocycles. The first kappa shape index (κ1) is 46.8. The van der Waals surface area contributed by atoms with Crippen LogP contribution in [0.1, 0.15) is 79.0 Å². The predicted molar refractivity (Wildman–Crippen MR) is 315 cm³/mol. The number of para-hydroxylation sites is 3. The number of aromatic nitrogens is 2. The van der Waals surface area contributed by atoms with E-state index in [0.29, 0.717) is 0 Å². The number of rotatable bonds is 7. The molecule has 0 saturated carbocycles. The molecule has 5 nitrogen and oxygen atoms in total. The Morgan fingerprint density at radius 2 is 1.05 bits per heavy atom. The predicted octanol–water partition coefficient (Wildman–Crippen LogP) is 16.4. The van der Waals surface area contributed by atoms with E-state index in [1.54, 1.807) is 0 Å². The quantitative estimate of drug-likeness (QED) is 0.149. The molecule has 0 amide bonds. The van der Waals surface area contributed by atoms with Crippen molar-refractivity contribution in [3.63, 3.8) is 0 Å². The molecule has 2 aliphatic rings. The van der Waals surface area contributed by atoms with E-state index in [0.717, 1.165) is 73.6 Å². The number of anilines is 9. The highest BCUT2D eigenvalue weighted by Crippen LogP contribution is 2.47. The van der Waals surface area contributed by atoms with Gasteiger partial charge in [-0.2, -0.15) is 0 Å². The molecule has 2 aliphatic heterocycles. The molecule has 0 spiro atoms. The van der Waals surface area contributed by atoms with Crippen LogP contribution < -0.4 is 31.1 Å². The van der Waals surface area contributed by atoms with Crippen molar-refractivity contribution in [2.45, 2.75) is 78.6 Å². The summed E-state index contributed by atoms with van der Waals surface area (Å²) in [5.41, 5.74) is 19.4. The highest BCUT2D eigenvalue weighted by Gasteiger charge is 2.44. The fourth-order valence-corrected chi connectivity index (χ4v) is 11.4. The van der Waals surface area contributed by atoms with E-state index in [1.807, 2.05) is 12.4 Å². The van der Waals surface area contributed by atoms with Crippen LogP contribution >= 0.6 is 0 Å². The third-order valence-electron chi connectivity index (χ3n) is 15.2. The highest BCUT2D eigenvalue weighted by molar-refractivity contribution is 7.00. The first-order valence-electron chi connectivity index (χ1n) is 26.1. The summed E-state index contributed by atoms with van der Waals surface area (Å²) in [7, 11) is 0. The maximum absolute atomic E-state index is 5.98. The van der Waals surface area contributed by atoms with Crippen LogP contribution in [-0.2, 0) is 16.2 Å². The van der Waals surface area contributed by atoms with Gasteiger partial charge in [0.25, 0.3) is 6.71 Å². The molecule has 0 saturated heterocycles. The summed E-state index contributed by atoms with van der Waals surface area (Å²) in [6, 6.07) is 73.7. The molecule has 10 aromatic rings. The van der Waals surface area contributed by atoms with E-state index >= 15 is 0 Å². The Balaban J connectivity index is 1.12. The van der Waals surface area contributed by atoms with Gasteiger partial charge in [-0.3, -0.25) is 14.8 Å². The normalized spacial score (nSPS) is 13.1. The minimum absolute atomic E-state index is 0.0115. The molecule has 0 N–H and O–H groups in total. The molecule has 74 heavy (non-hydrogen) atoms. The lowest BCUT2D eigenvalue weighted by atomic mass is 9.34. The molecule has 0 atom stereocenters. The van der Waals surface area contributed by atoms with Gasteiger partial charge < -0.3 is 4.90 Å². The van der Waals surface area contributed by atoms with E-state index in [-0.39, 0.29) is 23.0 Å². The van der Waals surface area contributed by atoms with E-state index < -0.39 is 0 Å². The molecular formula is C68H62BN5. The van der Waals surface area contributed by atoms with E-state index in [1.165, 1.54) is 44.0 Å². The zero-order chi connectivity index (χ0) is 51.1. The Bertz CT molecular complexity index is 3750. The van der Waals surface area contributed by atoms with Crippen LogP contribution in [0.15, 0.2) is 213 Å². The lowest BCUT2D eigenvalue weighted by Crippen LogP contribution is -2.61. The second kappa shape index (κ2) is 17.8. The van der Waals surface area contributed by atoms with E-state index in [2.05, 4.69) is 277 Å². The maximum Gasteiger partial charge on any atom is 0.254 e. The van der Waals surface area contributed by atoms with Crippen LogP contribution in [0.25, 0.3) is 33.0 Å². The van der Waals surface area contributed by atoms with Gasteiger partial charge in [0, 0.05) is 28.3 Å². The van der Waals surface area contributed by atoms with Crippen LogP contribution in [0.3, 0.4) is 0 Å². The summed E-state index contributed by atoms with van der Waals surface area (Å²) in [6.45, 7) is 20.6. The van der Waals surface area contributed by atoms with Crippen molar-refractivity contribution < 1.29 is 0 Å². The molecule has 0 aliphatic carbocycles. The van der Waals surface area contributed by atoms with E-state index in [4.69, 9.17) is 9.97 Å². The first-order chi connectivity index (χ1) is 35.6. The molecule has 6 heteroatoms. The summed E-state index contributed by atoms with van der Waals surface area (Å²) in [5, 5.41) is 2.53. The Hall–Kier alpha value is -8.22. The second-order valence-corrected chi connectivity index (χ2v) is 23.2. The lowest BCUT2D eigenvalue weighted by molar-refractivity contribution is 0.590. The Labute approximate surface area is 437 Å². The van der Waals surface area contributed by atoms with Crippen molar-refractivity contribution >= 4 is 85.3 Å². The molecule has 0 unspecified atom stereocenters. The van der Waals surface area contributed by atoms with Gasteiger partial charge in [0.15, 0.2) is 0 Å². The van der Waals surface area contributed by atoms with Crippen LogP contribution in [0.5, 0.6) is 0 Å². The maximum atomic E-state index is 5.98. The van der Waals surface area contributed by atoms with Gasteiger partial charge in [-0.25, -0.2) is 4.98 Å². The van der Waals surface area contributed by atoms with Gasteiger partial charge in [-0.05, 0) is 137 Å². The van der Waals surface area contributed by atoms with Crippen molar-refractivity contribution in [1.29, 1.82) is 0 Å². The third kappa shape index (κ3) is 8.05. The monoisotopic (exact) mass is 960 g/mol. The standard InChI is InChI=1S/C68H62BN5/c1-66(2,3)47-33-31-45(32-34-47)55-42-48(67(4,5)6)35-39-59(55)73(51-26-20-21-46(41-51)52-36-37-56(68(7,8)9)54-28-17-16-27-53(52)54)63-40-38-58-65(71-63)74(50-24-14-11-15-25-50)62-44-70-43-61-64(62)69(58)57-29-18-19-30-60(57)72(61)49-22-12-10-13-23-49/h10-44H,1-9H3. The van der Waals surface area contributed by atoms with Gasteiger partial charge in [-0.15, -0.1) is 0 Å². The van der Waals surface area contributed by atoms with Crippen LogP contribution in [-0.4, -0.2) is 16.7 Å². The minimum atomic E-state index is -0.0974. The Kier molecular flexibility index (Phi) is 11.2. The van der Waals surface area contributed by atoms with Crippen LogP contribution in [0.4, 0.5) is 51.4 Å². The third-order valence-corrected chi connectivity index (χ3v) is 15.2. The fourth-order valence-electron chi connectivity index (χ4n) is 11.4. The molecule has 0 radical (unpaired) electrons. The van der Waals surface area contributed by atoms with Crippen molar-refractivity contribution in [3.05, 3.63) is 229 Å². The SMILES string of the molecule is CC(C)(C)c1ccc(-c2cc(C(C)(C)C)ccc2N(c2cccc(-c3ccc(C(C)(C)C)c4ccccc34)c2)c2ccc3c(n2)N(c2ccccc2)c2cncc4c2B3c2ccccc2N4c2ccccc2)cc1. The number of benzene rings is 8. The van der Waals surface area contributed by atoms with Crippen molar-refractivity contribution in [1.82, 2.24) is 9.97 Å². The van der Waals surface area contributed by atoms with Crippen molar-refractivity contribution in [2.24, 2.45) is 0 Å². The van der Waals surface area contributed by atoms with Gasteiger partial charge >= 0.3 is 0 Å². The minimum Gasteiger partial charge on any atom is -0.310 e. The lowest BCUT2D eigenvalue weighted by Gasteiger charge is -2.43. The zero-order valence-corrected chi connectivity index (χ0v) is 44.0. The molecule has 2 aromatic heterocycles. The molecular weight excluding hydrogens is 898 g/mol. The first-order valence-corrected chi connectivity index (χ1v) is 26.1. The number of hydrogen-bond acceptors (Lipinski definition) is 5. The zero-order valence-electron chi connectivity index (χ0n) is 44.0. The Morgan fingerprint density at radius 3 is 1.74 bits per heavy atom. The second-order valence-electron chi connectivity index (χ2n) is 23.2.